The first-order valence-electron chi connectivity index (χ1n) is 2.31. The molecular formula is C10H25O3Sc-5. The van der Waals surface area contributed by atoms with E-state index in [1.807, 2.05) is 0 Å². The first-order valence-corrected chi connectivity index (χ1v) is 2.31. The zero-order chi connectivity index (χ0) is 6.57. The molecule has 0 aromatic carbocycles. The number of rotatable bonds is 3. The van der Waals surface area contributed by atoms with Crippen LogP contribution in [0.1, 0.15) is 6.92 Å². The SMILES string of the molecule is C=C(O)OCC(C)O.[CH3-].[CH3-].[CH3-].[CH3-].[CH3-].[Sc]. The molecule has 1 radical (unpaired) electrons. The van der Waals surface area contributed by atoms with Gasteiger partial charge in [-0.05, 0) is 13.5 Å². The topological polar surface area (TPSA) is 49.7 Å². The van der Waals surface area contributed by atoms with Crippen LogP contribution >= 0.6 is 0 Å². The van der Waals surface area contributed by atoms with Crippen molar-refractivity contribution in [1.82, 2.24) is 0 Å². The molecule has 1 unspecified atom stereocenters. The second-order valence-electron chi connectivity index (χ2n) is 1.55. The Kier molecular flexibility index (Phi) is 99.8. The van der Waals surface area contributed by atoms with Crippen molar-refractivity contribution in [1.29, 1.82) is 0 Å². The van der Waals surface area contributed by atoms with Crippen molar-refractivity contribution in [2.45, 2.75) is 13.0 Å². The molecule has 0 heterocycles. The van der Waals surface area contributed by atoms with Crippen molar-refractivity contribution in [2.24, 2.45) is 0 Å². The molecule has 3 nitrogen and oxygen atoms in total. The van der Waals surface area contributed by atoms with Gasteiger partial charge in [-0.1, -0.05) is 0 Å². The average Bonchev–Trinajstić information content (AvgIpc) is 1.61. The van der Waals surface area contributed by atoms with E-state index in [1.165, 1.54) is 0 Å². The van der Waals surface area contributed by atoms with E-state index in [2.05, 4.69) is 11.3 Å². The largest absolute Gasteiger partial charge is 0.481 e. The van der Waals surface area contributed by atoms with Gasteiger partial charge in [-0.25, -0.2) is 0 Å². The molecule has 91 valence electrons. The molecule has 0 aliphatic rings. The Bertz CT molecular complexity index is 85.4. The third kappa shape index (κ3) is 56.8. The maximum absolute atomic E-state index is 8.52. The van der Waals surface area contributed by atoms with Crippen molar-refractivity contribution in [2.75, 3.05) is 6.61 Å². The maximum atomic E-state index is 8.52. The number of ether oxygens (including phenoxy) is 1. The second kappa shape index (κ2) is 29.2. The van der Waals surface area contributed by atoms with E-state index in [9.17, 15) is 0 Å². The van der Waals surface area contributed by atoms with Gasteiger partial charge in [-0.2, -0.15) is 0 Å². The van der Waals surface area contributed by atoms with Gasteiger partial charge in [0.2, 0.25) is 0 Å². The first kappa shape index (κ1) is 47.8. The summed E-state index contributed by atoms with van der Waals surface area (Å²) < 4.78 is 4.41. The number of hydrogen-bond donors (Lipinski definition) is 2. The molecule has 0 fully saturated rings. The van der Waals surface area contributed by atoms with E-state index in [0.29, 0.717) is 0 Å². The van der Waals surface area contributed by atoms with Crippen LogP contribution in [-0.2, 0) is 30.6 Å². The molecule has 2 N–H and O–H groups in total. The molecule has 0 amide bonds. The predicted octanol–water partition coefficient (Wildman–Crippen LogP) is 2.66. The molecule has 14 heavy (non-hydrogen) atoms. The Morgan fingerprint density at radius 1 is 1.21 bits per heavy atom. The van der Waals surface area contributed by atoms with Crippen molar-refractivity contribution in [3.05, 3.63) is 49.7 Å². The fourth-order valence-electron chi connectivity index (χ4n) is 0.217. The van der Waals surface area contributed by atoms with Crippen molar-refractivity contribution in [3.8, 4) is 0 Å². The molecule has 0 saturated heterocycles. The summed E-state index contributed by atoms with van der Waals surface area (Å²) in [5, 5.41) is 16.8. The molecule has 0 aliphatic carbocycles. The summed E-state index contributed by atoms with van der Waals surface area (Å²) in [7, 11) is 0. The molecule has 1 atom stereocenters. The number of aliphatic hydroxyl groups is 2. The monoisotopic (exact) mass is 238 g/mol. The summed E-state index contributed by atoms with van der Waals surface area (Å²) in [5.74, 6) is -0.356. The first-order chi connectivity index (χ1) is 3.63. The van der Waals surface area contributed by atoms with Crippen LogP contribution in [0.25, 0.3) is 0 Å². The maximum Gasteiger partial charge on any atom is 0.269 e. The molecule has 0 aromatic rings. The van der Waals surface area contributed by atoms with Crippen LogP contribution in [0.4, 0.5) is 0 Å². The van der Waals surface area contributed by atoms with Crippen LogP contribution < -0.4 is 0 Å². The molecule has 0 spiro atoms. The van der Waals surface area contributed by atoms with E-state index in [-0.39, 0.29) is 75.5 Å². The quantitative estimate of drug-likeness (QED) is 0.587. The second-order valence-corrected chi connectivity index (χ2v) is 1.55. The Labute approximate surface area is 110 Å². The summed E-state index contributed by atoms with van der Waals surface area (Å²) in [6, 6.07) is 0. The summed E-state index contributed by atoms with van der Waals surface area (Å²) in [6.07, 6.45) is -0.557. The zero-order valence-corrected chi connectivity index (χ0v) is 12.2. The molecule has 0 aromatic heterocycles. The van der Waals surface area contributed by atoms with Gasteiger partial charge in [-0.3, -0.25) is 0 Å². The molecule has 0 saturated carbocycles. The van der Waals surface area contributed by atoms with Crippen LogP contribution in [0, 0.1) is 37.1 Å². The van der Waals surface area contributed by atoms with Gasteiger partial charge in [0, 0.05) is 25.8 Å². The third-order valence-electron chi connectivity index (χ3n) is 0.491. The van der Waals surface area contributed by atoms with E-state index >= 15 is 0 Å². The van der Waals surface area contributed by atoms with Crippen LogP contribution in [0.3, 0.4) is 0 Å². The van der Waals surface area contributed by atoms with E-state index in [1.54, 1.807) is 6.92 Å². The standard InChI is InChI=1S/C5H10O3.5CH3.Sc/c1-4(6)3-8-5(2)7;;;;;;/h4,6-7H,2-3H2,1H3;5*1H3;/q;5*-1;. The van der Waals surface area contributed by atoms with E-state index in [0.717, 1.165) is 0 Å². The average molecular weight is 238 g/mol. The van der Waals surface area contributed by atoms with Gasteiger partial charge in [0.1, 0.15) is 6.61 Å². The molecule has 0 rings (SSSR count). The molecule has 0 aliphatic heterocycles. The molecular weight excluding hydrogens is 213 g/mol. The minimum atomic E-state index is -0.557. The third-order valence-corrected chi connectivity index (χ3v) is 0.491. The smallest absolute Gasteiger partial charge is 0.269 e. The van der Waals surface area contributed by atoms with Crippen molar-refractivity contribution >= 4 is 0 Å². The van der Waals surface area contributed by atoms with E-state index in [4.69, 9.17) is 10.2 Å². The Morgan fingerprint density at radius 2 is 1.50 bits per heavy atom. The van der Waals surface area contributed by atoms with Gasteiger partial charge in [0.05, 0.1) is 6.10 Å². The normalized spacial score (nSPS) is 7.29. The Hall–Kier alpha value is 0.170. The Morgan fingerprint density at radius 3 is 1.57 bits per heavy atom. The van der Waals surface area contributed by atoms with Gasteiger partial charge in [-0.15, -0.1) is 0 Å². The van der Waals surface area contributed by atoms with Crippen LogP contribution in [0.15, 0.2) is 12.5 Å². The molecule has 0 bridgehead atoms. The van der Waals surface area contributed by atoms with Gasteiger partial charge < -0.3 is 52.1 Å². The van der Waals surface area contributed by atoms with Crippen LogP contribution in [0.5, 0.6) is 0 Å². The summed E-state index contributed by atoms with van der Waals surface area (Å²) >= 11 is 0. The summed E-state index contributed by atoms with van der Waals surface area (Å²) in [6.45, 7) is 4.70. The van der Waals surface area contributed by atoms with E-state index < -0.39 is 6.10 Å². The zero-order valence-electron chi connectivity index (χ0n) is 10.4. The van der Waals surface area contributed by atoms with Gasteiger partial charge >= 0.3 is 0 Å². The minimum Gasteiger partial charge on any atom is -0.481 e. The number of aliphatic hydroxyl groups excluding tert-OH is 2. The number of hydrogen-bond acceptors (Lipinski definition) is 3. The van der Waals surface area contributed by atoms with Crippen LogP contribution in [-0.4, -0.2) is 22.9 Å². The van der Waals surface area contributed by atoms with Crippen molar-refractivity contribution in [3.63, 3.8) is 0 Å². The minimum absolute atomic E-state index is 0. The van der Waals surface area contributed by atoms with Crippen LogP contribution in [0.2, 0.25) is 0 Å². The van der Waals surface area contributed by atoms with Crippen molar-refractivity contribution < 1.29 is 40.8 Å². The van der Waals surface area contributed by atoms with Gasteiger partial charge in [0.15, 0.2) is 0 Å². The predicted molar refractivity (Wildman–Crippen MR) is 61.5 cm³/mol. The fourth-order valence-corrected chi connectivity index (χ4v) is 0.217. The van der Waals surface area contributed by atoms with Gasteiger partial charge in [0.25, 0.3) is 5.95 Å². The Balaban J connectivity index is -0.0000000163. The summed E-state index contributed by atoms with van der Waals surface area (Å²) in [5.41, 5.74) is 0. The fraction of sp³-hybridized carbons (Fsp3) is 0.300. The summed E-state index contributed by atoms with van der Waals surface area (Å²) in [4.78, 5) is 0. The molecule has 4 heteroatoms.